The maximum absolute atomic E-state index is 4.93. The average molecular weight is 225 g/mol. The van der Waals surface area contributed by atoms with Crippen LogP contribution in [0.25, 0.3) is 0 Å². The van der Waals surface area contributed by atoms with Crippen LogP contribution in [0.1, 0.15) is 4.88 Å². The topological polar surface area (TPSA) is 36.4 Å². The van der Waals surface area contributed by atoms with E-state index in [1.165, 1.54) is 0 Å². The highest BCUT2D eigenvalue weighted by Crippen LogP contribution is 2.03. The van der Waals surface area contributed by atoms with Crippen molar-refractivity contribution in [2.45, 2.75) is 0 Å². The van der Waals surface area contributed by atoms with Crippen molar-refractivity contribution in [2.24, 2.45) is 5.10 Å². The summed E-state index contributed by atoms with van der Waals surface area (Å²) >= 11 is 6.56. The fraction of sp³-hybridized carbons (Fsp3) is 0.111. The largest absolute Gasteiger partial charge is 0.358 e. The van der Waals surface area contributed by atoms with E-state index in [2.05, 4.69) is 22.4 Å². The molecule has 0 bridgehead atoms. The molecule has 5 heteroatoms. The highest BCUT2D eigenvalue weighted by atomic mass is 32.1. The van der Waals surface area contributed by atoms with Gasteiger partial charge in [0.2, 0.25) is 0 Å². The molecule has 0 atom stereocenters. The second-order valence-electron chi connectivity index (χ2n) is 2.38. The Morgan fingerprint density at radius 3 is 3.21 bits per heavy atom. The van der Waals surface area contributed by atoms with Gasteiger partial charge >= 0.3 is 0 Å². The maximum atomic E-state index is 4.93. The molecular weight excluding hydrogens is 214 g/mol. The Balaban J connectivity index is 2.26. The van der Waals surface area contributed by atoms with Crippen LogP contribution < -0.4 is 10.7 Å². The molecule has 1 aromatic rings. The van der Waals surface area contributed by atoms with Gasteiger partial charge < -0.3 is 5.32 Å². The number of nitrogens with one attached hydrogen (secondary N) is 2. The molecule has 0 aliphatic heterocycles. The van der Waals surface area contributed by atoms with E-state index in [1.807, 2.05) is 17.5 Å². The van der Waals surface area contributed by atoms with Crippen molar-refractivity contribution < 1.29 is 0 Å². The van der Waals surface area contributed by atoms with Gasteiger partial charge in [0, 0.05) is 11.4 Å². The van der Waals surface area contributed by atoms with Crippen molar-refractivity contribution in [3.05, 3.63) is 35.0 Å². The summed E-state index contributed by atoms with van der Waals surface area (Å²) in [5.41, 5.74) is 2.70. The molecule has 0 saturated heterocycles. The molecule has 0 aliphatic rings. The first-order valence-corrected chi connectivity index (χ1v) is 5.33. The minimum Gasteiger partial charge on any atom is -0.358 e. The third kappa shape index (κ3) is 4.15. The van der Waals surface area contributed by atoms with E-state index in [0.717, 1.165) is 4.88 Å². The van der Waals surface area contributed by atoms with Gasteiger partial charge in [-0.2, -0.15) is 5.10 Å². The molecule has 0 radical (unpaired) electrons. The smallest absolute Gasteiger partial charge is 0.187 e. The van der Waals surface area contributed by atoms with E-state index >= 15 is 0 Å². The zero-order valence-corrected chi connectivity index (χ0v) is 9.20. The predicted molar refractivity (Wildman–Crippen MR) is 65.8 cm³/mol. The normalized spacial score (nSPS) is 10.0. The molecule has 74 valence electrons. The molecule has 0 fully saturated rings. The zero-order valence-electron chi connectivity index (χ0n) is 7.56. The fourth-order valence-electron chi connectivity index (χ4n) is 0.724. The molecule has 0 amide bonds. The molecule has 1 aromatic heterocycles. The monoisotopic (exact) mass is 225 g/mol. The van der Waals surface area contributed by atoms with Crippen molar-refractivity contribution in [1.82, 2.24) is 10.7 Å². The SMILES string of the molecule is C=CCNC(=S)NN=Cc1cccs1. The van der Waals surface area contributed by atoms with E-state index in [9.17, 15) is 0 Å². The molecule has 0 unspecified atom stereocenters. The van der Waals surface area contributed by atoms with E-state index in [-0.39, 0.29) is 0 Å². The maximum Gasteiger partial charge on any atom is 0.187 e. The Morgan fingerprint density at radius 1 is 1.71 bits per heavy atom. The Labute approximate surface area is 92.5 Å². The van der Waals surface area contributed by atoms with E-state index in [4.69, 9.17) is 12.2 Å². The van der Waals surface area contributed by atoms with Crippen LogP contribution in [-0.4, -0.2) is 17.9 Å². The van der Waals surface area contributed by atoms with E-state index in [0.29, 0.717) is 11.7 Å². The Bertz CT molecular complexity index is 317. The quantitative estimate of drug-likeness (QED) is 0.355. The molecule has 0 aliphatic carbocycles. The number of rotatable bonds is 4. The van der Waals surface area contributed by atoms with Crippen molar-refractivity contribution in [3.63, 3.8) is 0 Å². The number of thiocarbonyl (C=S) groups is 1. The summed E-state index contributed by atoms with van der Waals surface area (Å²) in [5, 5.41) is 9.36. The first-order valence-electron chi connectivity index (χ1n) is 4.04. The van der Waals surface area contributed by atoms with Crippen LogP contribution in [-0.2, 0) is 0 Å². The minimum absolute atomic E-state index is 0.498. The summed E-state index contributed by atoms with van der Waals surface area (Å²) in [4.78, 5) is 1.09. The molecule has 1 heterocycles. The summed E-state index contributed by atoms with van der Waals surface area (Å²) in [6.45, 7) is 4.21. The van der Waals surface area contributed by atoms with E-state index in [1.54, 1.807) is 23.6 Å². The van der Waals surface area contributed by atoms with Gasteiger partial charge in [-0.05, 0) is 23.7 Å². The molecule has 3 nitrogen and oxygen atoms in total. The van der Waals surface area contributed by atoms with Crippen molar-refractivity contribution in [1.29, 1.82) is 0 Å². The summed E-state index contributed by atoms with van der Waals surface area (Å²) in [5.74, 6) is 0. The second-order valence-corrected chi connectivity index (χ2v) is 3.77. The standard InChI is InChI=1S/C9H11N3S2/c1-2-5-10-9(13)12-11-7-8-4-3-6-14-8/h2-4,6-7H,1,5H2,(H2,10,12,13). The highest BCUT2D eigenvalue weighted by Gasteiger charge is 1.89. The zero-order chi connectivity index (χ0) is 10.2. The van der Waals surface area contributed by atoms with Crippen LogP contribution in [0.4, 0.5) is 0 Å². The number of nitrogens with zero attached hydrogens (tertiary/aromatic N) is 1. The first-order chi connectivity index (χ1) is 6.83. The van der Waals surface area contributed by atoms with Crippen molar-refractivity contribution in [2.75, 3.05) is 6.54 Å². The summed E-state index contributed by atoms with van der Waals surface area (Å²) in [6, 6.07) is 3.95. The molecule has 0 aromatic carbocycles. The fourth-order valence-corrected chi connectivity index (χ4v) is 1.44. The summed E-state index contributed by atoms with van der Waals surface area (Å²) < 4.78 is 0. The van der Waals surface area contributed by atoms with Gasteiger partial charge in [-0.15, -0.1) is 17.9 Å². The molecule has 14 heavy (non-hydrogen) atoms. The van der Waals surface area contributed by atoms with Gasteiger partial charge in [0.25, 0.3) is 0 Å². The van der Waals surface area contributed by atoms with Crippen LogP contribution in [0.15, 0.2) is 35.3 Å². The third-order valence-corrected chi connectivity index (χ3v) is 2.35. The number of hydrogen-bond donors (Lipinski definition) is 2. The van der Waals surface area contributed by atoms with Crippen LogP contribution in [0, 0.1) is 0 Å². The molecule has 0 spiro atoms. The average Bonchev–Trinajstić information content (AvgIpc) is 2.67. The lowest BCUT2D eigenvalue weighted by Gasteiger charge is -2.02. The molecular formula is C9H11N3S2. The minimum atomic E-state index is 0.498. The van der Waals surface area contributed by atoms with Gasteiger partial charge in [0.1, 0.15) is 0 Å². The van der Waals surface area contributed by atoms with Crippen LogP contribution >= 0.6 is 23.6 Å². The number of hydrogen-bond acceptors (Lipinski definition) is 3. The van der Waals surface area contributed by atoms with Gasteiger partial charge in [-0.1, -0.05) is 12.1 Å². The summed E-state index contributed by atoms with van der Waals surface area (Å²) in [7, 11) is 0. The van der Waals surface area contributed by atoms with Gasteiger partial charge in [0.05, 0.1) is 6.21 Å². The van der Waals surface area contributed by atoms with Gasteiger partial charge in [0.15, 0.2) is 5.11 Å². The van der Waals surface area contributed by atoms with E-state index < -0.39 is 0 Å². The second kappa shape index (κ2) is 6.28. The number of thiophene rings is 1. The third-order valence-electron chi connectivity index (χ3n) is 1.31. The lowest BCUT2D eigenvalue weighted by atomic mass is 10.5. The predicted octanol–water partition coefficient (Wildman–Crippen LogP) is 1.73. The Morgan fingerprint density at radius 2 is 2.57 bits per heavy atom. The highest BCUT2D eigenvalue weighted by molar-refractivity contribution is 7.80. The summed E-state index contributed by atoms with van der Waals surface area (Å²) in [6.07, 6.45) is 3.46. The molecule has 2 N–H and O–H groups in total. The van der Waals surface area contributed by atoms with Crippen LogP contribution in [0.5, 0.6) is 0 Å². The number of hydrazone groups is 1. The Hall–Kier alpha value is -1.20. The van der Waals surface area contributed by atoms with Crippen LogP contribution in [0.3, 0.4) is 0 Å². The first kappa shape index (κ1) is 10.9. The van der Waals surface area contributed by atoms with Crippen LogP contribution in [0.2, 0.25) is 0 Å². The van der Waals surface area contributed by atoms with Gasteiger partial charge in [-0.25, -0.2) is 0 Å². The lowest BCUT2D eigenvalue weighted by Crippen LogP contribution is -2.31. The van der Waals surface area contributed by atoms with Crippen molar-refractivity contribution in [3.8, 4) is 0 Å². The Kier molecular flexibility index (Phi) is 4.88. The van der Waals surface area contributed by atoms with Gasteiger partial charge in [-0.3, -0.25) is 5.43 Å². The molecule has 1 rings (SSSR count). The molecule has 0 saturated carbocycles. The lowest BCUT2D eigenvalue weighted by molar-refractivity contribution is 0.942. The van der Waals surface area contributed by atoms with Crippen molar-refractivity contribution >= 4 is 34.9 Å².